The van der Waals surface area contributed by atoms with Gasteiger partial charge in [-0.1, -0.05) is 48.2 Å². The van der Waals surface area contributed by atoms with Crippen LogP contribution in [-0.2, 0) is 25.0 Å². The first-order chi connectivity index (χ1) is 17.8. The van der Waals surface area contributed by atoms with Crippen molar-refractivity contribution in [3.8, 4) is 11.4 Å². The normalized spacial score (nSPS) is 10.9. The Morgan fingerprint density at radius 1 is 1.11 bits per heavy atom. The van der Waals surface area contributed by atoms with Crippen molar-refractivity contribution in [3.05, 3.63) is 94.2 Å². The van der Waals surface area contributed by atoms with E-state index in [9.17, 15) is 9.59 Å². The molecule has 0 aliphatic carbocycles. The summed E-state index contributed by atoms with van der Waals surface area (Å²) in [4.78, 5) is 25.9. The van der Waals surface area contributed by atoms with E-state index in [-0.39, 0.29) is 29.5 Å². The molecule has 0 atom stereocenters. The highest BCUT2D eigenvalue weighted by Gasteiger charge is 2.19. The Morgan fingerprint density at radius 2 is 1.86 bits per heavy atom. The second kappa shape index (κ2) is 11.3. The zero-order valence-electron chi connectivity index (χ0n) is 21.4. The summed E-state index contributed by atoms with van der Waals surface area (Å²) in [6.45, 7) is 10.4. The number of benzene rings is 2. The third-order valence-electron chi connectivity index (χ3n) is 6.17. The van der Waals surface area contributed by atoms with Crippen LogP contribution in [0.25, 0.3) is 5.69 Å². The van der Waals surface area contributed by atoms with Gasteiger partial charge in [0.25, 0.3) is 5.56 Å². The van der Waals surface area contributed by atoms with E-state index in [0.717, 1.165) is 22.6 Å². The van der Waals surface area contributed by atoms with Crippen LogP contribution in [0.2, 0.25) is 0 Å². The molecule has 10 heteroatoms. The predicted molar refractivity (Wildman–Crippen MR) is 146 cm³/mol. The largest absolute Gasteiger partial charge is 0.485 e. The summed E-state index contributed by atoms with van der Waals surface area (Å²) in [7, 11) is 1.79. The molecule has 2 aromatic heterocycles. The Balaban J connectivity index is 1.45. The van der Waals surface area contributed by atoms with Crippen LogP contribution in [0.4, 0.5) is 5.69 Å². The van der Waals surface area contributed by atoms with Crippen molar-refractivity contribution in [1.29, 1.82) is 0 Å². The van der Waals surface area contributed by atoms with Crippen molar-refractivity contribution in [2.45, 2.75) is 39.1 Å². The first-order valence-corrected chi connectivity index (χ1v) is 12.8. The number of carbonyl (C=O) groups is 1. The molecule has 0 aliphatic heterocycles. The molecule has 0 fully saturated rings. The number of aryl methyl sites for hydroxylation is 1. The highest BCUT2D eigenvalue weighted by molar-refractivity contribution is 7.99. The number of allylic oxidation sites excluding steroid dienone is 1. The number of para-hydroxylation sites is 1. The number of carbonyl (C=O) groups excluding carboxylic acids is 1. The first kappa shape index (κ1) is 26.0. The molecule has 0 saturated carbocycles. The van der Waals surface area contributed by atoms with Crippen molar-refractivity contribution < 1.29 is 9.53 Å². The zero-order valence-corrected chi connectivity index (χ0v) is 22.2. The van der Waals surface area contributed by atoms with E-state index in [1.807, 2.05) is 66.9 Å². The Kier molecular flexibility index (Phi) is 7.98. The molecule has 2 aromatic carbocycles. The van der Waals surface area contributed by atoms with E-state index < -0.39 is 0 Å². The van der Waals surface area contributed by atoms with Crippen LogP contribution < -0.4 is 15.6 Å². The molecule has 192 valence electrons. The Morgan fingerprint density at radius 3 is 2.59 bits per heavy atom. The maximum atomic E-state index is 13.1. The van der Waals surface area contributed by atoms with Gasteiger partial charge in [0.15, 0.2) is 11.0 Å². The average Bonchev–Trinajstić information content (AvgIpc) is 3.37. The molecular weight excluding hydrogens is 488 g/mol. The number of ether oxygens (including phenoxy) is 1. The Hall–Kier alpha value is -4.05. The fourth-order valence-corrected chi connectivity index (χ4v) is 4.65. The van der Waals surface area contributed by atoms with Gasteiger partial charge < -0.3 is 10.1 Å². The van der Waals surface area contributed by atoms with E-state index in [2.05, 4.69) is 22.1 Å². The van der Waals surface area contributed by atoms with Crippen LogP contribution in [0.15, 0.2) is 71.1 Å². The molecule has 9 nitrogen and oxygen atoms in total. The average molecular weight is 519 g/mol. The first-order valence-electron chi connectivity index (χ1n) is 11.8. The quantitative estimate of drug-likeness (QED) is 0.250. The smallest absolute Gasteiger partial charge is 0.295 e. The molecule has 4 aromatic rings. The molecule has 0 radical (unpaired) electrons. The maximum Gasteiger partial charge on any atom is 0.295 e. The van der Waals surface area contributed by atoms with Gasteiger partial charge in [-0.15, -0.1) is 16.8 Å². The second-order valence-corrected chi connectivity index (χ2v) is 9.50. The summed E-state index contributed by atoms with van der Waals surface area (Å²) in [5, 5.41) is 11.9. The minimum Gasteiger partial charge on any atom is -0.485 e. The lowest BCUT2D eigenvalue weighted by Gasteiger charge is -2.12. The van der Waals surface area contributed by atoms with Gasteiger partial charge in [-0.2, -0.15) is 0 Å². The molecular formula is C27H30N6O3S. The van der Waals surface area contributed by atoms with Crippen LogP contribution in [0.3, 0.4) is 0 Å². The summed E-state index contributed by atoms with van der Waals surface area (Å²) in [5.41, 5.74) is 3.58. The fourth-order valence-electron chi connectivity index (χ4n) is 3.89. The van der Waals surface area contributed by atoms with Gasteiger partial charge in [0.05, 0.1) is 17.1 Å². The van der Waals surface area contributed by atoms with Gasteiger partial charge in [0.2, 0.25) is 5.91 Å². The fraction of sp³-hybridized carbons (Fsp3) is 0.259. The van der Waals surface area contributed by atoms with Crippen LogP contribution in [0.5, 0.6) is 5.75 Å². The van der Waals surface area contributed by atoms with E-state index in [1.54, 1.807) is 24.7 Å². The number of hydrogen-bond donors (Lipinski definition) is 1. The van der Waals surface area contributed by atoms with Gasteiger partial charge >= 0.3 is 0 Å². The SMILES string of the molecule is C=CCn1c(COc2cccc(C)c2C)nnc1SCC(=O)Nc1c(C)n(C)n(-c2ccccc2)c1=O. The molecule has 1 amide bonds. The van der Waals surface area contributed by atoms with Crippen molar-refractivity contribution in [2.75, 3.05) is 11.1 Å². The van der Waals surface area contributed by atoms with E-state index in [0.29, 0.717) is 23.2 Å². The third kappa shape index (κ3) is 5.54. The number of nitrogens with one attached hydrogen (secondary N) is 1. The highest BCUT2D eigenvalue weighted by atomic mass is 32.2. The minimum absolute atomic E-state index is 0.0617. The molecule has 0 saturated heterocycles. The third-order valence-corrected chi connectivity index (χ3v) is 7.13. The van der Waals surface area contributed by atoms with Gasteiger partial charge in [-0.25, -0.2) is 4.68 Å². The highest BCUT2D eigenvalue weighted by Crippen LogP contribution is 2.23. The standard InChI is InChI=1S/C27H30N6O3S/c1-6-15-32-23(16-36-22-14-10-11-18(2)19(22)3)29-30-27(32)37-17-24(34)28-25-20(4)31(5)33(26(25)35)21-12-8-7-9-13-21/h6-14H,1,15-17H2,2-5H3,(H,28,34). The Bertz CT molecular complexity index is 1490. The van der Waals surface area contributed by atoms with Crippen molar-refractivity contribution in [1.82, 2.24) is 24.1 Å². The topological polar surface area (TPSA) is 96.0 Å². The number of thioether (sulfide) groups is 1. The van der Waals surface area contributed by atoms with Crippen molar-refractivity contribution in [3.63, 3.8) is 0 Å². The molecule has 0 spiro atoms. The van der Waals surface area contributed by atoms with E-state index >= 15 is 0 Å². The summed E-state index contributed by atoms with van der Waals surface area (Å²) in [5.74, 6) is 1.18. The van der Waals surface area contributed by atoms with Crippen LogP contribution >= 0.6 is 11.8 Å². The molecule has 2 heterocycles. The number of anilines is 1. The molecule has 0 aliphatic rings. The summed E-state index contributed by atoms with van der Waals surface area (Å²) < 4.78 is 11.1. The lowest BCUT2D eigenvalue weighted by molar-refractivity contribution is -0.113. The van der Waals surface area contributed by atoms with Gasteiger partial charge in [0, 0.05) is 13.6 Å². The number of hydrogen-bond acceptors (Lipinski definition) is 6. The molecule has 0 bridgehead atoms. The van der Waals surface area contributed by atoms with Crippen LogP contribution in [0, 0.1) is 20.8 Å². The van der Waals surface area contributed by atoms with Crippen molar-refractivity contribution in [2.24, 2.45) is 7.05 Å². The number of nitrogens with zero attached hydrogens (tertiary/aromatic N) is 5. The van der Waals surface area contributed by atoms with Gasteiger partial charge in [-0.05, 0) is 50.1 Å². The monoisotopic (exact) mass is 518 g/mol. The van der Waals surface area contributed by atoms with E-state index in [1.165, 1.54) is 16.4 Å². The lowest BCUT2D eigenvalue weighted by atomic mass is 10.1. The van der Waals surface area contributed by atoms with Gasteiger partial charge in [-0.3, -0.25) is 18.8 Å². The predicted octanol–water partition coefficient (Wildman–Crippen LogP) is 4.19. The van der Waals surface area contributed by atoms with Crippen LogP contribution in [-0.4, -0.2) is 35.8 Å². The minimum atomic E-state index is -0.308. The van der Waals surface area contributed by atoms with Crippen LogP contribution in [0.1, 0.15) is 22.6 Å². The second-order valence-electron chi connectivity index (χ2n) is 8.56. The zero-order chi connectivity index (χ0) is 26.5. The summed E-state index contributed by atoms with van der Waals surface area (Å²) >= 11 is 1.24. The summed E-state index contributed by atoms with van der Waals surface area (Å²) in [6.07, 6.45) is 1.74. The number of aromatic nitrogens is 5. The van der Waals surface area contributed by atoms with Crippen molar-refractivity contribution >= 4 is 23.4 Å². The molecule has 1 N–H and O–H groups in total. The Labute approximate surface area is 219 Å². The number of rotatable bonds is 10. The molecule has 4 rings (SSSR count). The lowest BCUT2D eigenvalue weighted by Crippen LogP contribution is -2.23. The molecule has 0 unspecified atom stereocenters. The van der Waals surface area contributed by atoms with Gasteiger partial charge in [0.1, 0.15) is 18.0 Å². The summed E-state index contributed by atoms with van der Waals surface area (Å²) in [6, 6.07) is 15.2. The maximum absolute atomic E-state index is 13.1. The van der Waals surface area contributed by atoms with E-state index in [4.69, 9.17) is 4.74 Å². The number of amides is 1. The molecule has 37 heavy (non-hydrogen) atoms.